The molecular weight excluding hydrogens is 346 g/mol. The van der Waals surface area contributed by atoms with E-state index in [1.165, 1.54) is 0 Å². The van der Waals surface area contributed by atoms with Gasteiger partial charge in [-0.3, -0.25) is 4.79 Å². The van der Waals surface area contributed by atoms with Crippen molar-refractivity contribution < 1.29 is 4.79 Å². The summed E-state index contributed by atoms with van der Waals surface area (Å²) in [6.45, 7) is 9.84. The highest BCUT2D eigenvalue weighted by Crippen LogP contribution is 2.25. The normalized spacial score (nSPS) is 10.9. The fourth-order valence-electron chi connectivity index (χ4n) is 3.43. The lowest BCUT2D eigenvalue weighted by atomic mass is 10.1. The van der Waals surface area contributed by atoms with E-state index in [2.05, 4.69) is 45.9 Å². The molecule has 3 rings (SSSR count). The predicted molar refractivity (Wildman–Crippen MR) is 115 cm³/mol. The first kappa shape index (κ1) is 19.9. The summed E-state index contributed by atoms with van der Waals surface area (Å²) in [5.41, 5.74) is 5.65. The summed E-state index contributed by atoms with van der Waals surface area (Å²) in [5.74, 6) is 0.0410. The molecular formula is C24H29N3O. The number of rotatable bonds is 7. The molecule has 0 radical (unpaired) electrons. The van der Waals surface area contributed by atoms with Crippen LogP contribution in [0.1, 0.15) is 48.3 Å². The second-order valence-electron chi connectivity index (χ2n) is 7.27. The van der Waals surface area contributed by atoms with E-state index < -0.39 is 0 Å². The van der Waals surface area contributed by atoms with Gasteiger partial charge >= 0.3 is 0 Å². The van der Waals surface area contributed by atoms with Gasteiger partial charge in [0.2, 0.25) is 0 Å². The van der Waals surface area contributed by atoms with Gasteiger partial charge in [-0.2, -0.15) is 5.10 Å². The second-order valence-corrected chi connectivity index (χ2v) is 7.27. The molecule has 2 aromatic carbocycles. The van der Waals surface area contributed by atoms with Gasteiger partial charge in [0, 0.05) is 18.7 Å². The highest BCUT2D eigenvalue weighted by atomic mass is 16.2. The molecule has 0 aliphatic heterocycles. The second kappa shape index (κ2) is 8.87. The molecule has 1 aromatic heterocycles. The van der Waals surface area contributed by atoms with Crippen LogP contribution in [0.5, 0.6) is 0 Å². The van der Waals surface area contributed by atoms with Crippen molar-refractivity contribution in [3.8, 4) is 16.9 Å². The number of aryl methyl sites for hydroxylation is 2. The molecule has 3 aromatic rings. The Labute approximate surface area is 167 Å². The largest absolute Gasteiger partial charge is 0.337 e. The highest BCUT2D eigenvalue weighted by Gasteiger charge is 2.22. The molecule has 0 unspecified atom stereocenters. The number of nitrogens with zero attached hydrogens (tertiary/aromatic N) is 3. The molecule has 0 aliphatic rings. The van der Waals surface area contributed by atoms with Crippen LogP contribution in [-0.4, -0.2) is 33.7 Å². The molecule has 0 atom stereocenters. The third-order valence-corrected chi connectivity index (χ3v) is 4.87. The Balaban J connectivity index is 2.15. The number of aromatic nitrogens is 2. The summed E-state index contributed by atoms with van der Waals surface area (Å²) < 4.78 is 1.82. The van der Waals surface area contributed by atoms with Crippen LogP contribution in [0.25, 0.3) is 16.9 Å². The molecule has 4 heteroatoms. The molecule has 146 valence electrons. The van der Waals surface area contributed by atoms with Crippen LogP contribution < -0.4 is 0 Å². The number of carbonyl (C=O) groups excluding carboxylic acids is 1. The number of carbonyl (C=O) groups is 1. The number of benzene rings is 2. The molecule has 1 heterocycles. The fourth-order valence-corrected chi connectivity index (χ4v) is 3.43. The summed E-state index contributed by atoms with van der Waals surface area (Å²) in [6, 6.07) is 18.2. The van der Waals surface area contributed by atoms with Gasteiger partial charge in [-0.05, 0) is 49.9 Å². The first-order valence-corrected chi connectivity index (χ1v) is 10.1. The van der Waals surface area contributed by atoms with Gasteiger partial charge in [-0.15, -0.1) is 0 Å². The minimum absolute atomic E-state index is 0.0410. The average Bonchev–Trinajstić information content (AvgIpc) is 3.15. The van der Waals surface area contributed by atoms with Gasteiger partial charge in [0.25, 0.3) is 5.91 Å². The minimum atomic E-state index is 0.0410. The molecule has 0 saturated carbocycles. The van der Waals surface area contributed by atoms with Crippen molar-refractivity contribution in [3.05, 3.63) is 71.4 Å². The van der Waals surface area contributed by atoms with Gasteiger partial charge < -0.3 is 4.90 Å². The maximum atomic E-state index is 13.4. The topological polar surface area (TPSA) is 38.1 Å². The van der Waals surface area contributed by atoms with Gasteiger partial charge in [-0.1, -0.05) is 56.3 Å². The maximum absolute atomic E-state index is 13.4. The van der Waals surface area contributed by atoms with Crippen LogP contribution in [0.3, 0.4) is 0 Å². The summed E-state index contributed by atoms with van der Waals surface area (Å²) in [5, 5.41) is 4.85. The molecule has 0 fully saturated rings. The Hall–Kier alpha value is -2.88. The molecule has 0 aliphatic carbocycles. The minimum Gasteiger partial charge on any atom is -0.337 e. The first-order chi connectivity index (χ1) is 13.5. The van der Waals surface area contributed by atoms with Crippen molar-refractivity contribution in [1.29, 1.82) is 0 Å². The van der Waals surface area contributed by atoms with Crippen molar-refractivity contribution in [2.75, 3.05) is 13.1 Å². The SMILES string of the molecule is CCCN(CCC)C(=O)c1cc(-c2ccccc2)nn1-c1cc(C)ccc1C. The molecule has 0 bridgehead atoms. The maximum Gasteiger partial charge on any atom is 0.272 e. The smallest absolute Gasteiger partial charge is 0.272 e. The van der Waals surface area contributed by atoms with Gasteiger partial charge in [0.1, 0.15) is 5.69 Å². The summed E-state index contributed by atoms with van der Waals surface area (Å²) in [7, 11) is 0. The van der Waals surface area contributed by atoms with Crippen LogP contribution >= 0.6 is 0 Å². The zero-order chi connectivity index (χ0) is 20.1. The van der Waals surface area contributed by atoms with E-state index in [1.807, 2.05) is 46.0 Å². The molecule has 4 nitrogen and oxygen atoms in total. The van der Waals surface area contributed by atoms with Crippen molar-refractivity contribution in [1.82, 2.24) is 14.7 Å². The third-order valence-electron chi connectivity index (χ3n) is 4.87. The quantitative estimate of drug-likeness (QED) is 0.553. The zero-order valence-electron chi connectivity index (χ0n) is 17.3. The molecule has 28 heavy (non-hydrogen) atoms. The van der Waals surface area contributed by atoms with Gasteiger partial charge in [0.05, 0.1) is 11.4 Å². The molecule has 0 spiro atoms. The van der Waals surface area contributed by atoms with Crippen LogP contribution in [0.4, 0.5) is 0 Å². The van der Waals surface area contributed by atoms with Crippen molar-refractivity contribution in [2.45, 2.75) is 40.5 Å². The van der Waals surface area contributed by atoms with Gasteiger partial charge in [0.15, 0.2) is 0 Å². The van der Waals surface area contributed by atoms with Crippen LogP contribution in [0.2, 0.25) is 0 Å². The Kier molecular flexibility index (Phi) is 6.30. The predicted octanol–water partition coefficient (Wildman–Crippen LogP) is 5.42. The van der Waals surface area contributed by atoms with E-state index in [-0.39, 0.29) is 5.91 Å². The monoisotopic (exact) mass is 375 g/mol. The summed E-state index contributed by atoms with van der Waals surface area (Å²) in [6.07, 6.45) is 1.88. The fraction of sp³-hybridized carbons (Fsp3) is 0.333. The Bertz CT molecular complexity index is 938. The van der Waals surface area contributed by atoms with Crippen molar-refractivity contribution in [3.63, 3.8) is 0 Å². The highest BCUT2D eigenvalue weighted by molar-refractivity contribution is 5.94. The number of amides is 1. The van der Waals surface area contributed by atoms with E-state index in [1.54, 1.807) is 0 Å². The Morgan fingerprint density at radius 2 is 1.64 bits per heavy atom. The van der Waals surface area contributed by atoms with Crippen LogP contribution in [-0.2, 0) is 0 Å². The molecule has 1 amide bonds. The summed E-state index contributed by atoms with van der Waals surface area (Å²) >= 11 is 0. The van der Waals surface area contributed by atoms with E-state index in [0.29, 0.717) is 5.69 Å². The first-order valence-electron chi connectivity index (χ1n) is 10.1. The zero-order valence-corrected chi connectivity index (χ0v) is 17.3. The van der Waals surface area contributed by atoms with Gasteiger partial charge in [-0.25, -0.2) is 4.68 Å². The van der Waals surface area contributed by atoms with E-state index in [4.69, 9.17) is 5.10 Å². The Morgan fingerprint density at radius 3 is 2.29 bits per heavy atom. The average molecular weight is 376 g/mol. The number of hydrogen-bond acceptors (Lipinski definition) is 2. The standard InChI is InChI=1S/C24H29N3O/c1-5-14-26(15-6-2)24(28)23-17-21(20-10-8-7-9-11-20)25-27(23)22-16-18(3)12-13-19(22)4/h7-13,16-17H,5-6,14-15H2,1-4H3. The Morgan fingerprint density at radius 1 is 0.964 bits per heavy atom. The lowest BCUT2D eigenvalue weighted by Crippen LogP contribution is -2.34. The van der Waals surface area contributed by atoms with E-state index >= 15 is 0 Å². The van der Waals surface area contributed by atoms with E-state index in [0.717, 1.165) is 54.0 Å². The van der Waals surface area contributed by atoms with Crippen molar-refractivity contribution in [2.24, 2.45) is 0 Å². The van der Waals surface area contributed by atoms with Crippen LogP contribution in [0.15, 0.2) is 54.6 Å². The summed E-state index contributed by atoms with van der Waals surface area (Å²) in [4.78, 5) is 15.4. The lowest BCUT2D eigenvalue weighted by molar-refractivity contribution is 0.0746. The molecule has 0 saturated heterocycles. The third kappa shape index (κ3) is 4.16. The number of hydrogen-bond donors (Lipinski definition) is 0. The molecule has 0 N–H and O–H groups in total. The van der Waals surface area contributed by atoms with Crippen molar-refractivity contribution >= 4 is 5.91 Å². The van der Waals surface area contributed by atoms with E-state index in [9.17, 15) is 4.79 Å². The van der Waals surface area contributed by atoms with Crippen LogP contribution in [0, 0.1) is 13.8 Å². The lowest BCUT2D eigenvalue weighted by Gasteiger charge is -2.22.